The highest BCUT2D eigenvalue weighted by atomic mass is 16.5. The molecule has 0 bridgehead atoms. The first-order chi connectivity index (χ1) is 6.36. The lowest BCUT2D eigenvalue weighted by atomic mass is 10.1. The summed E-state index contributed by atoms with van der Waals surface area (Å²) in [5, 5.41) is 0. The smallest absolute Gasteiger partial charge is 0.149 e. The lowest BCUT2D eigenvalue weighted by molar-refractivity contribution is -0.105. The van der Waals surface area contributed by atoms with Crippen molar-refractivity contribution in [2.75, 3.05) is 7.11 Å². The van der Waals surface area contributed by atoms with Gasteiger partial charge in [-0.15, -0.1) is 0 Å². The van der Waals surface area contributed by atoms with Crippen LogP contribution in [0.1, 0.15) is 5.56 Å². The SMILES string of the molecule is CO/C=C(\C=O)Cc1ccccc1. The van der Waals surface area contributed by atoms with E-state index in [1.165, 1.54) is 13.4 Å². The number of carbonyl (C=O) groups excluding carboxylic acids is 1. The van der Waals surface area contributed by atoms with Crippen LogP contribution in [-0.4, -0.2) is 13.4 Å². The highest BCUT2D eigenvalue weighted by molar-refractivity contribution is 5.73. The predicted molar refractivity (Wildman–Crippen MR) is 51.3 cm³/mol. The Morgan fingerprint density at radius 2 is 2.08 bits per heavy atom. The third kappa shape index (κ3) is 3.11. The van der Waals surface area contributed by atoms with Gasteiger partial charge in [-0.05, 0) is 5.56 Å². The Hall–Kier alpha value is -1.57. The van der Waals surface area contributed by atoms with Gasteiger partial charge < -0.3 is 4.74 Å². The first-order valence-corrected chi connectivity index (χ1v) is 4.07. The normalized spacial score (nSPS) is 11.0. The van der Waals surface area contributed by atoms with Crippen LogP contribution in [0.3, 0.4) is 0 Å². The quantitative estimate of drug-likeness (QED) is 0.398. The van der Waals surface area contributed by atoms with Crippen molar-refractivity contribution in [3.05, 3.63) is 47.7 Å². The summed E-state index contributed by atoms with van der Waals surface area (Å²) in [6.07, 6.45) is 2.91. The summed E-state index contributed by atoms with van der Waals surface area (Å²) < 4.78 is 4.77. The van der Waals surface area contributed by atoms with Crippen molar-refractivity contribution in [3.8, 4) is 0 Å². The van der Waals surface area contributed by atoms with E-state index in [4.69, 9.17) is 4.74 Å². The van der Waals surface area contributed by atoms with Crippen LogP contribution in [0.4, 0.5) is 0 Å². The zero-order valence-electron chi connectivity index (χ0n) is 7.57. The molecule has 0 aliphatic heterocycles. The molecule has 0 unspecified atom stereocenters. The summed E-state index contributed by atoms with van der Waals surface area (Å²) in [6, 6.07) is 9.80. The third-order valence-electron chi connectivity index (χ3n) is 1.67. The minimum absolute atomic E-state index is 0.623. The summed E-state index contributed by atoms with van der Waals surface area (Å²) in [5.41, 5.74) is 1.76. The minimum atomic E-state index is 0.623. The number of aldehydes is 1. The van der Waals surface area contributed by atoms with E-state index in [1.54, 1.807) is 0 Å². The third-order valence-corrected chi connectivity index (χ3v) is 1.67. The Labute approximate surface area is 77.8 Å². The van der Waals surface area contributed by atoms with Gasteiger partial charge in [0.15, 0.2) is 0 Å². The van der Waals surface area contributed by atoms with E-state index in [0.717, 1.165) is 11.8 Å². The molecular formula is C11H12O2. The zero-order chi connectivity index (χ0) is 9.52. The number of benzene rings is 1. The Bertz CT molecular complexity index is 288. The molecule has 0 aromatic heterocycles. The van der Waals surface area contributed by atoms with Crippen molar-refractivity contribution >= 4 is 6.29 Å². The fourth-order valence-corrected chi connectivity index (χ4v) is 1.09. The highest BCUT2D eigenvalue weighted by Crippen LogP contribution is 2.05. The fourth-order valence-electron chi connectivity index (χ4n) is 1.09. The molecule has 68 valence electrons. The highest BCUT2D eigenvalue weighted by Gasteiger charge is 1.97. The molecule has 0 aliphatic carbocycles. The van der Waals surface area contributed by atoms with Crippen LogP contribution in [0.25, 0.3) is 0 Å². The molecule has 1 rings (SSSR count). The molecule has 0 heterocycles. The fraction of sp³-hybridized carbons (Fsp3) is 0.182. The van der Waals surface area contributed by atoms with Gasteiger partial charge in [0.25, 0.3) is 0 Å². The molecule has 1 aromatic carbocycles. The topological polar surface area (TPSA) is 26.3 Å². The number of allylic oxidation sites excluding steroid dienone is 1. The van der Waals surface area contributed by atoms with E-state index in [2.05, 4.69) is 0 Å². The Kier molecular flexibility index (Phi) is 3.76. The maximum absolute atomic E-state index is 10.6. The van der Waals surface area contributed by atoms with E-state index in [-0.39, 0.29) is 0 Å². The molecule has 2 heteroatoms. The van der Waals surface area contributed by atoms with Crippen LogP contribution in [0.5, 0.6) is 0 Å². The minimum Gasteiger partial charge on any atom is -0.504 e. The molecule has 1 aromatic rings. The summed E-state index contributed by atoms with van der Waals surface area (Å²) in [4.78, 5) is 10.6. The van der Waals surface area contributed by atoms with Crippen molar-refractivity contribution in [1.29, 1.82) is 0 Å². The average Bonchev–Trinajstić information content (AvgIpc) is 2.19. The molecule has 0 N–H and O–H groups in total. The maximum atomic E-state index is 10.6. The average molecular weight is 176 g/mol. The molecule has 0 atom stereocenters. The zero-order valence-corrected chi connectivity index (χ0v) is 7.57. The molecule has 0 amide bonds. The number of ether oxygens (including phenoxy) is 1. The van der Waals surface area contributed by atoms with Crippen molar-refractivity contribution in [3.63, 3.8) is 0 Å². The van der Waals surface area contributed by atoms with Crippen LogP contribution in [0.15, 0.2) is 42.2 Å². The molecule has 0 radical (unpaired) electrons. The number of methoxy groups -OCH3 is 1. The van der Waals surface area contributed by atoms with E-state index in [9.17, 15) is 4.79 Å². The van der Waals surface area contributed by atoms with Gasteiger partial charge in [-0.3, -0.25) is 4.79 Å². The van der Waals surface area contributed by atoms with Gasteiger partial charge in [-0.1, -0.05) is 30.3 Å². The summed E-state index contributed by atoms with van der Waals surface area (Å²) >= 11 is 0. The first kappa shape index (κ1) is 9.52. The Morgan fingerprint density at radius 3 is 2.62 bits per heavy atom. The van der Waals surface area contributed by atoms with Gasteiger partial charge in [0.2, 0.25) is 0 Å². The number of hydrogen-bond acceptors (Lipinski definition) is 2. The second-order valence-electron chi connectivity index (χ2n) is 2.71. The molecule has 0 saturated heterocycles. The second kappa shape index (κ2) is 5.14. The second-order valence-corrected chi connectivity index (χ2v) is 2.71. The molecule has 2 nitrogen and oxygen atoms in total. The van der Waals surface area contributed by atoms with E-state index < -0.39 is 0 Å². The molecule has 0 fully saturated rings. The Morgan fingerprint density at radius 1 is 1.38 bits per heavy atom. The van der Waals surface area contributed by atoms with Gasteiger partial charge >= 0.3 is 0 Å². The van der Waals surface area contributed by atoms with Gasteiger partial charge in [-0.25, -0.2) is 0 Å². The van der Waals surface area contributed by atoms with Gasteiger partial charge in [0.05, 0.1) is 13.4 Å². The van der Waals surface area contributed by atoms with Crippen LogP contribution in [0.2, 0.25) is 0 Å². The largest absolute Gasteiger partial charge is 0.504 e. The van der Waals surface area contributed by atoms with Crippen LogP contribution >= 0.6 is 0 Å². The lowest BCUT2D eigenvalue weighted by Gasteiger charge is -1.99. The van der Waals surface area contributed by atoms with Crippen molar-refractivity contribution in [1.82, 2.24) is 0 Å². The van der Waals surface area contributed by atoms with Crippen LogP contribution < -0.4 is 0 Å². The molecular weight excluding hydrogens is 164 g/mol. The molecule has 13 heavy (non-hydrogen) atoms. The van der Waals surface area contributed by atoms with E-state index in [0.29, 0.717) is 12.0 Å². The summed E-state index contributed by atoms with van der Waals surface area (Å²) in [5.74, 6) is 0. The molecule has 0 spiro atoms. The van der Waals surface area contributed by atoms with Crippen LogP contribution in [-0.2, 0) is 16.0 Å². The van der Waals surface area contributed by atoms with Gasteiger partial charge in [0.1, 0.15) is 6.29 Å². The number of rotatable bonds is 4. The van der Waals surface area contributed by atoms with Gasteiger partial charge in [-0.2, -0.15) is 0 Å². The predicted octanol–water partition coefficient (Wildman–Crippen LogP) is 1.96. The molecule has 0 saturated carbocycles. The Balaban J connectivity index is 2.68. The summed E-state index contributed by atoms with van der Waals surface area (Å²) in [7, 11) is 1.54. The number of hydrogen-bond donors (Lipinski definition) is 0. The summed E-state index contributed by atoms with van der Waals surface area (Å²) in [6.45, 7) is 0. The standard InChI is InChI=1S/C11H12O2/c1-13-9-11(8-12)7-10-5-3-2-4-6-10/h2-6,8-9H,7H2,1H3/b11-9-. The lowest BCUT2D eigenvalue weighted by Crippen LogP contribution is -1.92. The van der Waals surface area contributed by atoms with Crippen LogP contribution in [0, 0.1) is 0 Å². The monoisotopic (exact) mass is 176 g/mol. The van der Waals surface area contributed by atoms with E-state index >= 15 is 0 Å². The van der Waals surface area contributed by atoms with Crippen molar-refractivity contribution in [2.24, 2.45) is 0 Å². The van der Waals surface area contributed by atoms with Gasteiger partial charge in [0, 0.05) is 12.0 Å². The molecule has 0 aliphatic rings. The van der Waals surface area contributed by atoms with Crippen molar-refractivity contribution < 1.29 is 9.53 Å². The van der Waals surface area contributed by atoms with Crippen molar-refractivity contribution in [2.45, 2.75) is 6.42 Å². The first-order valence-electron chi connectivity index (χ1n) is 4.07. The number of carbonyl (C=O) groups is 1. The van der Waals surface area contributed by atoms with E-state index in [1.807, 2.05) is 30.3 Å². The maximum Gasteiger partial charge on any atom is 0.149 e.